The molecular formula is C14H10N2. The van der Waals surface area contributed by atoms with Gasteiger partial charge < -0.3 is 0 Å². The number of allylic oxidation sites excluding steroid dienone is 2. The van der Waals surface area contributed by atoms with Crippen molar-refractivity contribution in [3.05, 3.63) is 53.4 Å². The third kappa shape index (κ3) is 0.890. The normalized spacial score (nSPS) is 14.2. The van der Waals surface area contributed by atoms with Gasteiger partial charge in [0.05, 0.1) is 11.0 Å². The first kappa shape index (κ1) is 8.11. The van der Waals surface area contributed by atoms with Crippen molar-refractivity contribution in [3.63, 3.8) is 0 Å². The summed E-state index contributed by atoms with van der Waals surface area (Å²) < 4.78 is 2.20. The van der Waals surface area contributed by atoms with E-state index < -0.39 is 0 Å². The van der Waals surface area contributed by atoms with E-state index in [-0.39, 0.29) is 0 Å². The van der Waals surface area contributed by atoms with Gasteiger partial charge in [-0.05, 0) is 24.1 Å². The van der Waals surface area contributed by atoms with Gasteiger partial charge in [-0.3, -0.25) is 4.40 Å². The van der Waals surface area contributed by atoms with Crippen LogP contribution in [0.1, 0.15) is 5.56 Å². The lowest BCUT2D eigenvalue weighted by Gasteiger charge is -1.94. The lowest BCUT2D eigenvalue weighted by atomic mass is 10.1. The minimum absolute atomic E-state index is 1.02. The van der Waals surface area contributed by atoms with E-state index in [1.54, 1.807) is 0 Å². The number of benzene rings is 1. The van der Waals surface area contributed by atoms with Gasteiger partial charge in [-0.1, -0.05) is 30.4 Å². The van der Waals surface area contributed by atoms with Crippen molar-refractivity contribution in [2.24, 2.45) is 0 Å². The van der Waals surface area contributed by atoms with Gasteiger partial charge in [0.2, 0.25) is 0 Å². The lowest BCUT2D eigenvalue weighted by Crippen LogP contribution is -2.06. The Morgan fingerprint density at radius 3 is 3.12 bits per heavy atom. The number of fused-ring (bicyclic) bond motifs is 5. The van der Waals surface area contributed by atoms with E-state index in [1.165, 1.54) is 16.3 Å². The third-order valence-corrected chi connectivity index (χ3v) is 3.20. The zero-order valence-corrected chi connectivity index (χ0v) is 8.72. The molecule has 3 aromatic rings. The molecule has 0 N–H and O–H groups in total. The first-order chi connectivity index (χ1) is 7.93. The highest BCUT2D eigenvalue weighted by Crippen LogP contribution is 2.16. The molecule has 0 amide bonds. The van der Waals surface area contributed by atoms with Gasteiger partial charge in [0, 0.05) is 11.4 Å². The van der Waals surface area contributed by atoms with Crippen molar-refractivity contribution in [1.29, 1.82) is 0 Å². The van der Waals surface area contributed by atoms with E-state index in [1.807, 2.05) is 6.07 Å². The van der Waals surface area contributed by atoms with Crippen molar-refractivity contribution in [2.45, 2.75) is 6.42 Å². The van der Waals surface area contributed by atoms with E-state index in [0.717, 1.165) is 17.6 Å². The van der Waals surface area contributed by atoms with Crippen LogP contribution >= 0.6 is 0 Å². The first-order valence-corrected chi connectivity index (χ1v) is 5.49. The Balaban J connectivity index is 2.29. The lowest BCUT2D eigenvalue weighted by molar-refractivity contribution is 1.21. The molecule has 16 heavy (non-hydrogen) atoms. The van der Waals surface area contributed by atoms with Crippen LogP contribution in [-0.4, -0.2) is 9.38 Å². The van der Waals surface area contributed by atoms with E-state index in [9.17, 15) is 0 Å². The summed E-state index contributed by atoms with van der Waals surface area (Å²) in [5, 5.41) is 1.28. The van der Waals surface area contributed by atoms with Gasteiger partial charge in [-0.2, -0.15) is 0 Å². The largest absolute Gasteiger partial charge is 0.299 e. The molecule has 0 atom stereocenters. The van der Waals surface area contributed by atoms with Gasteiger partial charge in [0.25, 0.3) is 0 Å². The second-order valence-corrected chi connectivity index (χ2v) is 4.16. The van der Waals surface area contributed by atoms with Crippen LogP contribution in [0, 0.1) is 0 Å². The molecule has 0 aliphatic heterocycles. The Hall–Kier alpha value is -2.09. The fourth-order valence-corrected chi connectivity index (χ4v) is 2.44. The van der Waals surface area contributed by atoms with E-state index in [0.29, 0.717) is 0 Å². The molecule has 0 unspecified atom stereocenters. The fourth-order valence-electron chi connectivity index (χ4n) is 2.44. The molecule has 1 aliphatic carbocycles. The number of hydrogen-bond donors (Lipinski definition) is 0. The number of para-hydroxylation sites is 2. The van der Waals surface area contributed by atoms with Gasteiger partial charge in [-0.25, -0.2) is 4.98 Å². The summed E-state index contributed by atoms with van der Waals surface area (Å²) in [5.74, 6) is 0. The van der Waals surface area contributed by atoms with Crippen LogP contribution < -0.4 is 5.22 Å². The minimum atomic E-state index is 1.02. The van der Waals surface area contributed by atoms with Gasteiger partial charge in [0.1, 0.15) is 5.65 Å². The second kappa shape index (κ2) is 2.73. The average Bonchev–Trinajstić information content (AvgIpc) is 2.85. The quantitative estimate of drug-likeness (QED) is 0.550. The molecule has 0 spiro atoms. The molecule has 2 heterocycles. The van der Waals surface area contributed by atoms with Crippen molar-refractivity contribution in [2.75, 3.05) is 0 Å². The standard InChI is InChI=1S/C14H10N2/c1-2-6-11-10(5-1)9-16-13-8-4-3-7-12(13)15-14(11)16/h1-4,6-9H,5H2. The molecule has 1 aromatic carbocycles. The highest BCUT2D eigenvalue weighted by atomic mass is 15.0. The summed E-state index contributed by atoms with van der Waals surface area (Å²) in [4.78, 5) is 4.69. The highest BCUT2D eigenvalue weighted by molar-refractivity contribution is 5.81. The van der Waals surface area contributed by atoms with Crippen molar-refractivity contribution in [1.82, 2.24) is 9.38 Å². The maximum absolute atomic E-state index is 4.69. The average molecular weight is 206 g/mol. The van der Waals surface area contributed by atoms with Crippen molar-refractivity contribution < 1.29 is 0 Å². The summed E-state index contributed by atoms with van der Waals surface area (Å²) in [6.07, 6.45) is 9.68. The maximum atomic E-state index is 4.69. The molecule has 2 aromatic heterocycles. The monoisotopic (exact) mass is 206 g/mol. The zero-order chi connectivity index (χ0) is 10.5. The molecule has 1 aliphatic rings. The van der Waals surface area contributed by atoms with Gasteiger partial charge >= 0.3 is 0 Å². The van der Waals surface area contributed by atoms with Crippen LogP contribution in [0.4, 0.5) is 0 Å². The van der Waals surface area contributed by atoms with Crippen LogP contribution in [0.25, 0.3) is 22.8 Å². The van der Waals surface area contributed by atoms with Crippen LogP contribution in [0.3, 0.4) is 0 Å². The number of hydrogen-bond acceptors (Lipinski definition) is 1. The Bertz CT molecular complexity index is 778. The fraction of sp³-hybridized carbons (Fsp3) is 0.0714. The van der Waals surface area contributed by atoms with Crippen molar-refractivity contribution in [3.8, 4) is 0 Å². The number of rotatable bonds is 0. The topological polar surface area (TPSA) is 17.3 Å². The number of aromatic nitrogens is 2. The third-order valence-electron chi connectivity index (χ3n) is 3.20. The van der Waals surface area contributed by atoms with E-state index in [4.69, 9.17) is 0 Å². The molecule has 0 radical (unpaired) electrons. The molecule has 4 rings (SSSR count). The molecule has 0 bridgehead atoms. The summed E-state index contributed by atoms with van der Waals surface area (Å²) in [5.41, 5.74) is 4.72. The predicted molar refractivity (Wildman–Crippen MR) is 65.2 cm³/mol. The summed E-state index contributed by atoms with van der Waals surface area (Å²) in [7, 11) is 0. The first-order valence-electron chi connectivity index (χ1n) is 5.49. The summed E-state index contributed by atoms with van der Waals surface area (Å²) in [6, 6.07) is 8.27. The Morgan fingerprint density at radius 1 is 1.19 bits per heavy atom. The Labute approximate surface area is 92.5 Å². The molecule has 76 valence electrons. The summed E-state index contributed by atoms with van der Waals surface area (Å²) in [6.45, 7) is 0. The van der Waals surface area contributed by atoms with Gasteiger partial charge in [0.15, 0.2) is 0 Å². The highest BCUT2D eigenvalue weighted by Gasteiger charge is 2.10. The second-order valence-electron chi connectivity index (χ2n) is 4.16. The molecule has 0 saturated carbocycles. The maximum Gasteiger partial charge on any atom is 0.145 e. The predicted octanol–water partition coefficient (Wildman–Crippen LogP) is 2.10. The smallest absolute Gasteiger partial charge is 0.145 e. The Kier molecular flexibility index (Phi) is 1.38. The molecule has 0 saturated heterocycles. The minimum Gasteiger partial charge on any atom is -0.299 e. The van der Waals surface area contributed by atoms with E-state index >= 15 is 0 Å². The van der Waals surface area contributed by atoms with Crippen LogP contribution in [0.5, 0.6) is 0 Å². The zero-order valence-electron chi connectivity index (χ0n) is 8.72. The number of nitrogens with zero attached hydrogens (tertiary/aromatic N) is 2. The Morgan fingerprint density at radius 2 is 2.12 bits per heavy atom. The van der Waals surface area contributed by atoms with Crippen molar-refractivity contribution >= 4 is 22.8 Å². The molecule has 2 nitrogen and oxygen atoms in total. The molecule has 2 heteroatoms. The summed E-state index contributed by atoms with van der Waals surface area (Å²) >= 11 is 0. The van der Waals surface area contributed by atoms with Gasteiger partial charge in [-0.15, -0.1) is 0 Å². The SMILES string of the molecule is C1=CCc2cn3c(nc4ccccc43)c2=C1. The molecule has 0 fully saturated rings. The van der Waals surface area contributed by atoms with Crippen LogP contribution in [0.2, 0.25) is 0 Å². The van der Waals surface area contributed by atoms with Crippen LogP contribution in [0.15, 0.2) is 42.6 Å². The number of imidazole rings is 1. The van der Waals surface area contributed by atoms with Crippen LogP contribution in [-0.2, 0) is 6.42 Å². The molecular weight excluding hydrogens is 196 g/mol. The van der Waals surface area contributed by atoms with E-state index in [2.05, 4.69) is 52.0 Å².